The maximum absolute atomic E-state index is 10.9. The lowest BCUT2D eigenvalue weighted by atomic mass is 9.81. The number of benzene rings is 4. The van der Waals surface area contributed by atoms with E-state index in [9.17, 15) is 5.11 Å². The van der Waals surface area contributed by atoms with Crippen molar-refractivity contribution in [3.63, 3.8) is 0 Å². The van der Waals surface area contributed by atoms with E-state index in [0.717, 1.165) is 38.6 Å². The first-order chi connectivity index (χ1) is 15.5. The van der Waals surface area contributed by atoms with Crippen molar-refractivity contribution in [1.82, 2.24) is 0 Å². The molecular weight excluding hydrogens is 396 g/mol. The van der Waals surface area contributed by atoms with Crippen LogP contribution in [0.25, 0.3) is 21.9 Å². The fraction of sp³-hybridized carbons (Fsp3) is 0.172. The van der Waals surface area contributed by atoms with E-state index in [0.29, 0.717) is 11.5 Å². The first-order valence-corrected chi connectivity index (χ1v) is 10.6. The second kappa shape index (κ2) is 7.35. The van der Waals surface area contributed by atoms with Gasteiger partial charge in [0.25, 0.3) is 0 Å². The Balaban J connectivity index is 1.76. The summed E-state index contributed by atoms with van der Waals surface area (Å²) in [6.45, 7) is 4.37. The van der Waals surface area contributed by atoms with Crippen molar-refractivity contribution in [1.29, 1.82) is 0 Å². The van der Waals surface area contributed by atoms with Gasteiger partial charge in [-0.05, 0) is 64.7 Å². The van der Waals surface area contributed by atoms with Crippen LogP contribution in [0.15, 0.2) is 66.7 Å². The van der Waals surface area contributed by atoms with E-state index in [2.05, 4.69) is 43.9 Å². The second-order valence-corrected chi connectivity index (χ2v) is 8.54. The van der Waals surface area contributed by atoms with Crippen LogP contribution in [-0.2, 0) is 5.41 Å². The summed E-state index contributed by atoms with van der Waals surface area (Å²) in [5, 5.41) is 12.5. The highest BCUT2D eigenvalue weighted by Crippen LogP contribution is 2.56. The topological polar surface area (TPSA) is 38.7 Å². The maximum atomic E-state index is 10.9. The Morgan fingerprint density at radius 3 is 2.25 bits per heavy atom. The lowest BCUT2D eigenvalue weighted by Gasteiger charge is -2.22. The number of hydrogen-bond donors (Lipinski definition) is 1. The van der Waals surface area contributed by atoms with Crippen molar-refractivity contribution >= 4 is 10.8 Å². The first kappa shape index (κ1) is 20.0. The SMILES string of the molecule is COc1ccc2c(O)cc3c(c2c1OC)-c1ccc(C#Cc2ccccc2)cc1C3(C)C. The zero-order valence-electron chi connectivity index (χ0n) is 18.6. The number of methoxy groups -OCH3 is 2. The Kier molecular flexibility index (Phi) is 4.60. The molecule has 0 unspecified atom stereocenters. The quantitative estimate of drug-likeness (QED) is 0.389. The predicted octanol–water partition coefficient (Wildman–Crippen LogP) is 6.27. The van der Waals surface area contributed by atoms with Crippen molar-refractivity contribution in [2.24, 2.45) is 0 Å². The van der Waals surface area contributed by atoms with E-state index in [1.54, 1.807) is 14.2 Å². The van der Waals surface area contributed by atoms with E-state index >= 15 is 0 Å². The molecule has 0 bridgehead atoms. The number of hydrogen-bond acceptors (Lipinski definition) is 3. The highest BCUT2D eigenvalue weighted by Gasteiger charge is 2.38. The van der Waals surface area contributed by atoms with Gasteiger partial charge < -0.3 is 14.6 Å². The van der Waals surface area contributed by atoms with Gasteiger partial charge in [0.1, 0.15) is 5.75 Å². The Hall–Kier alpha value is -3.90. The summed E-state index contributed by atoms with van der Waals surface area (Å²) < 4.78 is 11.3. The summed E-state index contributed by atoms with van der Waals surface area (Å²) in [7, 11) is 3.26. The molecule has 1 aliphatic carbocycles. The molecule has 3 nitrogen and oxygen atoms in total. The second-order valence-electron chi connectivity index (χ2n) is 8.54. The van der Waals surface area contributed by atoms with E-state index in [-0.39, 0.29) is 11.2 Å². The third-order valence-electron chi connectivity index (χ3n) is 6.38. The molecule has 0 atom stereocenters. The summed E-state index contributed by atoms with van der Waals surface area (Å²) in [6.07, 6.45) is 0. The molecule has 0 aromatic heterocycles. The third-order valence-corrected chi connectivity index (χ3v) is 6.38. The van der Waals surface area contributed by atoms with Gasteiger partial charge in [0.15, 0.2) is 11.5 Å². The molecule has 1 N–H and O–H groups in total. The molecular formula is C29H24O3. The predicted molar refractivity (Wildman–Crippen MR) is 129 cm³/mol. The van der Waals surface area contributed by atoms with Gasteiger partial charge in [-0.3, -0.25) is 0 Å². The molecule has 0 aliphatic heterocycles. The number of ether oxygens (including phenoxy) is 2. The molecule has 0 fully saturated rings. The molecule has 4 aromatic carbocycles. The Bertz CT molecular complexity index is 1420. The average molecular weight is 421 g/mol. The standard InChI is InChI=1S/C29H24O3/c1-29(2)22-16-19(11-10-18-8-6-5-7-9-18)12-13-20(22)26-23(29)17-24(30)21-14-15-25(31-3)28(32-4)27(21)26/h5-9,12-17,30H,1-4H3. The number of rotatable bonds is 2. The molecule has 5 rings (SSSR count). The smallest absolute Gasteiger partial charge is 0.169 e. The van der Waals surface area contributed by atoms with Crippen molar-refractivity contribution in [2.75, 3.05) is 14.2 Å². The molecule has 32 heavy (non-hydrogen) atoms. The molecule has 1 aliphatic rings. The van der Waals surface area contributed by atoms with Gasteiger partial charge in [-0.1, -0.05) is 50.0 Å². The monoisotopic (exact) mass is 420 g/mol. The zero-order chi connectivity index (χ0) is 22.5. The van der Waals surface area contributed by atoms with Gasteiger partial charge in [0.05, 0.1) is 14.2 Å². The van der Waals surface area contributed by atoms with E-state index in [1.807, 2.05) is 48.5 Å². The van der Waals surface area contributed by atoms with Crippen LogP contribution in [0.5, 0.6) is 17.2 Å². The van der Waals surface area contributed by atoms with E-state index < -0.39 is 0 Å². The van der Waals surface area contributed by atoms with Gasteiger partial charge in [-0.2, -0.15) is 0 Å². The lowest BCUT2D eigenvalue weighted by Crippen LogP contribution is -2.15. The van der Waals surface area contributed by atoms with Crippen LogP contribution in [-0.4, -0.2) is 19.3 Å². The van der Waals surface area contributed by atoms with Gasteiger partial charge in [0.2, 0.25) is 0 Å². The molecule has 4 aromatic rings. The molecule has 0 saturated heterocycles. The minimum Gasteiger partial charge on any atom is -0.507 e. The van der Waals surface area contributed by atoms with Crippen LogP contribution in [0, 0.1) is 11.8 Å². The summed E-state index contributed by atoms with van der Waals surface area (Å²) in [6, 6.07) is 22.0. The highest BCUT2D eigenvalue weighted by atomic mass is 16.5. The highest BCUT2D eigenvalue weighted by molar-refractivity contribution is 6.09. The van der Waals surface area contributed by atoms with Crippen LogP contribution in [0.3, 0.4) is 0 Å². The Morgan fingerprint density at radius 1 is 0.781 bits per heavy atom. The van der Waals surface area contributed by atoms with Gasteiger partial charge in [-0.15, -0.1) is 0 Å². The number of fused-ring (bicyclic) bond motifs is 5. The van der Waals surface area contributed by atoms with Crippen LogP contribution in [0.1, 0.15) is 36.1 Å². The Morgan fingerprint density at radius 2 is 1.53 bits per heavy atom. The summed E-state index contributed by atoms with van der Waals surface area (Å²) in [4.78, 5) is 0. The number of phenolic OH excluding ortho intramolecular Hbond substituents is 1. The van der Waals surface area contributed by atoms with Crippen molar-refractivity contribution in [2.45, 2.75) is 19.3 Å². The normalized spacial score (nSPS) is 13.1. The molecule has 158 valence electrons. The minimum atomic E-state index is -0.297. The zero-order valence-corrected chi connectivity index (χ0v) is 18.6. The molecule has 0 amide bonds. The summed E-state index contributed by atoms with van der Waals surface area (Å²) >= 11 is 0. The average Bonchev–Trinajstić information content (AvgIpc) is 3.03. The number of phenols is 1. The molecule has 0 saturated carbocycles. The maximum Gasteiger partial charge on any atom is 0.169 e. The molecule has 3 heteroatoms. The fourth-order valence-electron chi connectivity index (χ4n) is 4.75. The van der Waals surface area contributed by atoms with Gasteiger partial charge in [-0.25, -0.2) is 0 Å². The molecule has 0 heterocycles. The van der Waals surface area contributed by atoms with Crippen molar-refractivity contribution in [3.8, 4) is 40.2 Å². The Labute approximate surface area is 188 Å². The first-order valence-electron chi connectivity index (χ1n) is 10.6. The van der Waals surface area contributed by atoms with Crippen LogP contribution >= 0.6 is 0 Å². The van der Waals surface area contributed by atoms with Gasteiger partial charge >= 0.3 is 0 Å². The van der Waals surface area contributed by atoms with E-state index in [1.165, 1.54) is 5.56 Å². The van der Waals surface area contributed by atoms with Gasteiger partial charge in [0, 0.05) is 27.3 Å². The van der Waals surface area contributed by atoms with Crippen molar-refractivity contribution < 1.29 is 14.6 Å². The summed E-state index contributed by atoms with van der Waals surface area (Å²) in [5.74, 6) is 8.06. The minimum absolute atomic E-state index is 0.240. The molecule has 0 spiro atoms. The van der Waals surface area contributed by atoms with E-state index in [4.69, 9.17) is 9.47 Å². The van der Waals surface area contributed by atoms with Crippen molar-refractivity contribution in [3.05, 3.63) is 89.0 Å². The van der Waals surface area contributed by atoms with Crippen LogP contribution in [0.4, 0.5) is 0 Å². The lowest BCUT2D eigenvalue weighted by molar-refractivity contribution is 0.358. The molecule has 0 radical (unpaired) electrons. The van der Waals surface area contributed by atoms with Crippen LogP contribution < -0.4 is 9.47 Å². The van der Waals surface area contributed by atoms with Crippen LogP contribution in [0.2, 0.25) is 0 Å². The largest absolute Gasteiger partial charge is 0.507 e. The fourth-order valence-corrected chi connectivity index (χ4v) is 4.75. The number of aromatic hydroxyl groups is 1. The summed E-state index contributed by atoms with van der Waals surface area (Å²) in [5.41, 5.74) is 6.12. The third kappa shape index (κ3) is 2.92.